The second-order valence-corrected chi connectivity index (χ2v) is 7.01. The number of allylic oxidation sites excluding steroid dienone is 1. The van der Waals surface area contributed by atoms with Gasteiger partial charge in [0.15, 0.2) is 12.0 Å². The van der Waals surface area contributed by atoms with Gasteiger partial charge in [0.2, 0.25) is 5.91 Å². The lowest BCUT2D eigenvalue weighted by Crippen LogP contribution is -2.39. The number of alkyl halides is 3. The van der Waals surface area contributed by atoms with Crippen LogP contribution in [0.2, 0.25) is 0 Å². The Hall–Kier alpha value is -0.850. The van der Waals surface area contributed by atoms with E-state index in [0.717, 1.165) is 38.6 Å². The van der Waals surface area contributed by atoms with Crippen molar-refractivity contribution in [3.8, 4) is 0 Å². The first-order chi connectivity index (χ1) is 10.9. The van der Waals surface area contributed by atoms with E-state index >= 15 is 0 Å². The minimum atomic E-state index is -4.42. The Morgan fingerprint density at radius 1 is 1.39 bits per heavy atom. The van der Waals surface area contributed by atoms with E-state index in [-0.39, 0.29) is 17.6 Å². The molecule has 132 valence electrons. The second-order valence-electron chi connectivity index (χ2n) is 6.21. The Morgan fingerprint density at radius 2 is 2.17 bits per heavy atom. The zero-order valence-electron chi connectivity index (χ0n) is 13.4. The zero-order valence-corrected chi connectivity index (χ0v) is 14.2. The fourth-order valence-electron chi connectivity index (χ4n) is 3.33. The van der Waals surface area contributed by atoms with Crippen molar-refractivity contribution in [2.45, 2.75) is 69.8 Å². The van der Waals surface area contributed by atoms with Gasteiger partial charge in [-0.3, -0.25) is 4.79 Å². The number of likely N-dealkylation sites (tertiary alicyclic amines) is 1. The third-order valence-electron chi connectivity index (χ3n) is 4.44. The van der Waals surface area contributed by atoms with Crippen LogP contribution >= 0.6 is 12.0 Å². The lowest BCUT2D eigenvalue weighted by atomic mass is 9.93. The topological polar surface area (TPSA) is 29.5 Å². The Morgan fingerprint density at radius 3 is 2.87 bits per heavy atom. The number of halogens is 3. The predicted octanol–water partition coefficient (Wildman–Crippen LogP) is 5.04. The highest BCUT2D eigenvalue weighted by molar-refractivity contribution is 7.95. The van der Waals surface area contributed by atoms with Gasteiger partial charge >= 0.3 is 5.51 Å². The normalized spacial score (nSPS) is 25.4. The van der Waals surface area contributed by atoms with Crippen LogP contribution in [0.25, 0.3) is 0 Å². The molecule has 0 N–H and O–H groups in total. The van der Waals surface area contributed by atoms with Gasteiger partial charge in [0.25, 0.3) is 0 Å². The summed E-state index contributed by atoms with van der Waals surface area (Å²) in [5.41, 5.74) is -4.42. The molecule has 2 unspecified atom stereocenters. The molecule has 7 heteroatoms. The summed E-state index contributed by atoms with van der Waals surface area (Å²) in [4.78, 5) is 14.7. The molecule has 1 saturated heterocycles. The monoisotopic (exact) mass is 351 g/mol. The molecule has 0 saturated carbocycles. The molecule has 23 heavy (non-hydrogen) atoms. The number of amides is 1. The van der Waals surface area contributed by atoms with Gasteiger partial charge in [-0.05, 0) is 38.2 Å². The molecule has 0 bridgehead atoms. The summed E-state index contributed by atoms with van der Waals surface area (Å²) >= 11 is -0.495. The smallest absolute Gasteiger partial charge is 0.422 e. The molecule has 1 aliphatic carbocycles. The molecule has 1 aliphatic heterocycles. The van der Waals surface area contributed by atoms with Crippen LogP contribution in [0, 0.1) is 5.92 Å². The molecule has 1 fully saturated rings. The Kier molecular flexibility index (Phi) is 6.68. The highest BCUT2D eigenvalue weighted by Crippen LogP contribution is 2.36. The van der Waals surface area contributed by atoms with E-state index in [9.17, 15) is 18.0 Å². The summed E-state index contributed by atoms with van der Waals surface area (Å²) in [6.45, 7) is 2.90. The Labute approximate surface area is 139 Å². The molecule has 0 aromatic rings. The lowest BCUT2D eigenvalue weighted by molar-refractivity contribution is -0.135. The van der Waals surface area contributed by atoms with E-state index in [1.54, 1.807) is 6.08 Å². The standard InChI is InChI=1S/C16H24F3NO2S/c1-2-3-7-13-8-5-10-20(13)15(21)12-6-4-9-14(11-12)22-23-16(17,18)19/h11-13H,2-10H2,1H3. The van der Waals surface area contributed by atoms with Crippen LogP contribution in [-0.2, 0) is 8.98 Å². The fraction of sp³-hybridized carbons (Fsp3) is 0.812. The van der Waals surface area contributed by atoms with E-state index in [1.807, 2.05) is 4.90 Å². The molecule has 2 rings (SSSR count). The van der Waals surface area contributed by atoms with Crippen molar-refractivity contribution in [2.75, 3.05) is 6.54 Å². The minimum Gasteiger partial charge on any atom is -0.422 e. The molecule has 0 aromatic carbocycles. The van der Waals surface area contributed by atoms with E-state index in [1.165, 1.54) is 0 Å². The highest BCUT2D eigenvalue weighted by atomic mass is 32.2. The Balaban J connectivity index is 1.95. The first-order valence-electron chi connectivity index (χ1n) is 8.34. The lowest BCUT2D eigenvalue weighted by Gasteiger charge is -2.29. The van der Waals surface area contributed by atoms with Gasteiger partial charge in [0.1, 0.15) is 5.76 Å². The molecule has 1 heterocycles. The first kappa shape index (κ1) is 18.5. The fourth-order valence-corrected chi connectivity index (χ4v) is 3.67. The van der Waals surface area contributed by atoms with Gasteiger partial charge in [0, 0.05) is 19.0 Å². The van der Waals surface area contributed by atoms with E-state index in [2.05, 4.69) is 6.92 Å². The molecule has 0 radical (unpaired) electrons. The average Bonchev–Trinajstić information content (AvgIpc) is 2.98. The maximum absolute atomic E-state index is 12.7. The van der Waals surface area contributed by atoms with Crippen molar-refractivity contribution < 1.29 is 22.1 Å². The number of nitrogens with zero attached hydrogens (tertiary/aromatic N) is 1. The summed E-state index contributed by atoms with van der Waals surface area (Å²) in [5.74, 6) is -0.00236. The quantitative estimate of drug-likeness (QED) is 0.628. The van der Waals surface area contributed by atoms with Crippen LogP contribution in [0.5, 0.6) is 0 Å². The third kappa shape index (κ3) is 5.62. The molecule has 3 nitrogen and oxygen atoms in total. The molecular weight excluding hydrogens is 327 g/mol. The largest absolute Gasteiger partial charge is 0.479 e. The molecular formula is C16H24F3NO2S. The first-order valence-corrected chi connectivity index (χ1v) is 9.08. The van der Waals surface area contributed by atoms with Gasteiger partial charge < -0.3 is 9.08 Å². The van der Waals surface area contributed by atoms with E-state index in [4.69, 9.17) is 4.18 Å². The van der Waals surface area contributed by atoms with Crippen molar-refractivity contribution in [1.29, 1.82) is 0 Å². The van der Waals surface area contributed by atoms with Crippen LogP contribution in [0.15, 0.2) is 11.8 Å². The highest BCUT2D eigenvalue weighted by Gasteiger charge is 2.35. The summed E-state index contributed by atoms with van der Waals surface area (Å²) in [6, 6.07) is 0.298. The number of hydrogen-bond donors (Lipinski definition) is 0. The summed E-state index contributed by atoms with van der Waals surface area (Å²) in [6.07, 6.45) is 8.73. The maximum atomic E-state index is 12.7. The van der Waals surface area contributed by atoms with Crippen LogP contribution < -0.4 is 0 Å². The number of unbranched alkanes of at least 4 members (excludes halogenated alkanes) is 1. The summed E-state index contributed by atoms with van der Waals surface area (Å²) in [5, 5.41) is 0. The van der Waals surface area contributed by atoms with Crippen LogP contribution in [-0.4, -0.2) is 28.9 Å². The number of hydrogen-bond acceptors (Lipinski definition) is 3. The van der Waals surface area contributed by atoms with Gasteiger partial charge in [-0.15, -0.1) is 0 Å². The maximum Gasteiger partial charge on any atom is 0.479 e. The Bertz CT molecular complexity index is 440. The molecule has 0 aromatic heterocycles. The van der Waals surface area contributed by atoms with Crippen molar-refractivity contribution in [2.24, 2.45) is 5.92 Å². The number of carbonyl (C=O) groups excluding carboxylic acids is 1. The third-order valence-corrected chi connectivity index (χ3v) is 4.92. The van der Waals surface area contributed by atoms with Gasteiger partial charge in [0.05, 0.1) is 5.92 Å². The molecule has 0 spiro atoms. The summed E-state index contributed by atoms with van der Waals surface area (Å²) in [7, 11) is 0. The summed E-state index contributed by atoms with van der Waals surface area (Å²) < 4.78 is 41.4. The van der Waals surface area contributed by atoms with E-state index < -0.39 is 17.6 Å². The van der Waals surface area contributed by atoms with Crippen LogP contribution in [0.1, 0.15) is 58.3 Å². The second kappa shape index (κ2) is 8.31. The number of rotatable bonds is 6. The molecule has 1 amide bonds. The van der Waals surface area contributed by atoms with Crippen molar-refractivity contribution >= 4 is 17.9 Å². The van der Waals surface area contributed by atoms with Crippen molar-refractivity contribution in [3.63, 3.8) is 0 Å². The van der Waals surface area contributed by atoms with Gasteiger partial charge in [-0.2, -0.15) is 13.2 Å². The SMILES string of the molecule is CCCCC1CCCN1C(=O)C1C=C(OSC(F)(F)F)CCC1. The van der Waals surface area contributed by atoms with Crippen LogP contribution in [0.4, 0.5) is 13.2 Å². The molecule has 2 aliphatic rings. The van der Waals surface area contributed by atoms with Crippen LogP contribution in [0.3, 0.4) is 0 Å². The molecule has 2 atom stereocenters. The van der Waals surface area contributed by atoms with E-state index in [0.29, 0.717) is 25.3 Å². The predicted molar refractivity (Wildman–Crippen MR) is 84.4 cm³/mol. The van der Waals surface area contributed by atoms with Crippen molar-refractivity contribution in [3.05, 3.63) is 11.8 Å². The van der Waals surface area contributed by atoms with Crippen molar-refractivity contribution in [1.82, 2.24) is 4.90 Å². The van der Waals surface area contributed by atoms with Gasteiger partial charge in [-0.25, -0.2) is 0 Å². The van der Waals surface area contributed by atoms with Gasteiger partial charge in [-0.1, -0.05) is 19.8 Å². The average molecular weight is 351 g/mol. The zero-order chi connectivity index (χ0) is 16.9. The number of carbonyl (C=O) groups is 1. The minimum absolute atomic E-state index is 0.0569.